The number of urea groups is 1. The van der Waals surface area contributed by atoms with Crippen LogP contribution in [0.5, 0.6) is 0 Å². The van der Waals surface area contributed by atoms with Gasteiger partial charge >= 0.3 is 12.0 Å². The molecule has 212 valence electrons. The fraction of sp³-hybridized carbons (Fsp3) is 0.333. The van der Waals surface area contributed by atoms with Crippen molar-refractivity contribution in [2.75, 3.05) is 13.1 Å². The summed E-state index contributed by atoms with van der Waals surface area (Å²) in [6.45, 7) is 4.26. The molecule has 0 fully saturated rings. The van der Waals surface area contributed by atoms with Crippen LogP contribution >= 0.6 is 0 Å². The van der Waals surface area contributed by atoms with Gasteiger partial charge in [0.05, 0.1) is 25.0 Å². The Morgan fingerprint density at radius 2 is 1.57 bits per heavy atom. The van der Waals surface area contributed by atoms with Gasteiger partial charge in [-0.25, -0.2) is 4.79 Å². The molecule has 0 aliphatic rings. The topological polar surface area (TPSA) is 177 Å². The molecule has 3 aromatic rings. The van der Waals surface area contributed by atoms with Crippen molar-refractivity contribution in [1.82, 2.24) is 16.0 Å². The van der Waals surface area contributed by atoms with Crippen LogP contribution in [0.1, 0.15) is 56.2 Å². The van der Waals surface area contributed by atoms with Crippen molar-refractivity contribution in [3.63, 3.8) is 0 Å². The number of rotatable bonds is 13. The first-order chi connectivity index (χ1) is 19.1. The average Bonchev–Trinajstić information content (AvgIpc) is 2.92. The summed E-state index contributed by atoms with van der Waals surface area (Å²) in [5.41, 5.74) is 14.8. The number of primary amides is 1. The molecule has 0 heterocycles. The molecule has 0 saturated heterocycles. The summed E-state index contributed by atoms with van der Waals surface area (Å²) in [5.74, 6) is -1.75. The van der Waals surface area contributed by atoms with Gasteiger partial charge in [0.1, 0.15) is 0 Å². The smallest absolute Gasteiger partial charge is 0.312 e. The Kier molecular flexibility index (Phi) is 10.6. The first-order valence-corrected chi connectivity index (χ1v) is 13.3. The molecule has 0 aliphatic heterocycles. The first-order valence-electron chi connectivity index (χ1n) is 13.3. The Labute approximate surface area is 233 Å². The number of carboxylic acid groups (broad SMARTS) is 1. The predicted octanol–water partition coefficient (Wildman–Crippen LogP) is 3.15. The van der Waals surface area contributed by atoms with Gasteiger partial charge in [-0.05, 0) is 51.8 Å². The Hall–Kier alpha value is -4.44. The fourth-order valence-corrected chi connectivity index (χ4v) is 4.61. The van der Waals surface area contributed by atoms with Crippen molar-refractivity contribution in [1.29, 1.82) is 0 Å². The maximum atomic E-state index is 12.6. The second-order valence-electron chi connectivity index (χ2n) is 10.0. The Balaban J connectivity index is 1.67. The number of benzene rings is 3. The van der Waals surface area contributed by atoms with Gasteiger partial charge in [-0.1, -0.05) is 74.5 Å². The van der Waals surface area contributed by atoms with E-state index in [4.69, 9.17) is 11.5 Å². The van der Waals surface area contributed by atoms with Gasteiger partial charge in [0.2, 0.25) is 11.8 Å². The molecule has 3 aromatic carbocycles. The zero-order valence-corrected chi connectivity index (χ0v) is 22.8. The highest BCUT2D eigenvalue weighted by atomic mass is 16.4. The van der Waals surface area contributed by atoms with Crippen LogP contribution in [0.15, 0.2) is 60.7 Å². The third-order valence-corrected chi connectivity index (χ3v) is 6.67. The number of carbonyl (C=O) groups is 4. The Morgan fingerprint density at radius 3 is 2.20 bits per heavy atom. The number of carbonyl (C=O) groups excluding carboxylic acids is 3. The second-order valence-corrected chi connectivity index (χ2v) is 10.0. The summed E-state index contributed by atoms with van der Waals surface area (Å²) >= 11 is 0. The van der Waals surface area contributed by atoms with E-state index in [1.54, 1.807) is 0 Å². The van der Waals surface area contributed by atoms with Gasteiger partial charge in [0.25, 0.3) is 0 Å². The van der Waals surface area contributed by atoms with Gasteiger partial charge in [-0.2, -0.15) is 0 Å². The predicted molar refractivity (Wildman–Crippen MR) is 154 cm³/mol. The lowest BCUT2D eigenvalue weighted by Gasteiger charge is -2.19. The van der Waals surface area contributed by atoms with Gasteiger partial charge < -0.3 is 32.5 Å². The van der Waals surface area contributed by atoms with Gasteiger partial charge in [-0.3, -0.25) is 14.4 Å². The molecule has 8 N–H and O–H groups in total. The van der Waals surface area contributed by atoms with Crippen LogP contribution in [0.25, 0.3) is 21.9 Å². The van der Waals surface area contributed by atoms with Crippen molar-refractivity contribution in [3.05, 3.63) is 71.8 Å². The Morgan fingerprint density at radius 1 is 0.900 bits per heavy atom. The summed E-state index contributed by atoms with van der Waals surface area (Å²) in [4.78, 5) is 47.0. The molecule has 4 amide bonds. The number of carboxylic acids is 1. The molecule has 0 unspecified atom stereocenters. The summed E-state index contributed by atoms with van der Waals surface area (Å²) in [6.07, 6.45) is 0.409. The SMILES string of the molecule is CC(C)c1ccc(-c2ccc([C@H](CC(=O)O)NC(=O)CNC(=O)[C@@H](N)CCCNC(N)=O)cc2)c2ccccc12. The van der Waals surface area contributed by atoms with Crippen LogP contribution in [0.2, 0.25) is 0 Å². The van der Waals surface area contributed by atoms with Crippen LogP contribution in [0.4, 0.5) is 4.79 Å². The van der Waals surface area contributed by atoms with E-state index in [2.05, 4.69) is 54.1 Å². The monoisotopic (exact) mass is 547 g/mol. The average molecular weight is 548 g/mol. The minimum absolute atomic E-state index is 0.284. The molecule has 0 radical (unpaired) electrons. The molecule has 0 aliphatic carbocycles. The van der Waals surface area contributed by atoms with E-state index in [1.807, 2.05) is 36.4 Å². The van der Waals surface area contributed by atoms with E-state index in [9.17, 15) is 24.3 Å². The van der Waals surface area contributed by atoms with Crippen LogP contribution in [-0.2, 0) is 14.4 Å². The molecule has 10 heteroatoms. The molecule has 0 saturated carbocycles. The van der Waals surface area contributed by atoms with Crippen molar-refractivity contribution < 1.29 is 24.3 Å². The minimum atomic E-state index is -1.07. The van der Waals surface area contributed by atoms with E-state index < -0.39 is 35.9 Å². The molecular formula is C30H37N5O5. The number of hydrogen-bond donors (Lipinski definition) is 6. The number of nitrogens with one attached hydrogen (secondary N) is 3. The number of amides is 4. The lowest BCUT2D eigenvalue weighted by atomic mass is 9.90. The standard InChI is InChI=1S/C30H37N5O5/c1-18(2)21-13-14-22(24-7-4-3-6-23(21)24)19-9-11-20(12-10-19)26(16-28(37)38)35-27(36)17-34-29(39)25(31)8-5-15-33-30(32)40/h3-4,6-7,9-14,18,25-26H,5,8,15-17,31H2,1-2H3,(H,34,39)(H,35,36)(H,37,38)(H3,32,33,40)/t25-,26-/m0/s1. The second kappa shape index (κ2) is 14.1. The van der Waals surface area contributed by atoms with Crippen LogP contribution in [0, 0.1) is 0 Å². The van der Waals surface area contributed by atoms with E-state index in [1.165, 1.54) is 10.9 Å². The maximum absolute atomic E-state index is 12.6. The molecule has 2 atom stereocenters. The number of fused-ring (bicyclic) bond motifs is 1. The van der Waals surface area contributed by atoms with E-state index in [0.29, 0.717) is 17.9 Å². The molecule has 0 spiro atoms. The van der Waals surface area contributed by atoms with Crippen molar-refractivity contribution >= 4 is 34.6 Å². The first kappa shape index (κ1) is 30.1. The minimum Gasteiger partial charge on any atom is -0.481 e. The largest absolute Gasteiger partial charge is 0.481 e. The zero-order chi connectivity index (χ0) is 29.2. The lowest BCUT2D eigenvalue weighted by Crippen LogP contribution is -2.45. The van der Waals surface area contributed by atoms with Crippen LogP contribution in [-0.4, -0.2) is 48.1 Å². The van der Waals surface area contributed by atoms with Crippen LogP contribution in [0.3, 0.4) is 0 Å². The maximum Gasteiger partial charge on any atom is 0.312 e. The number of hydrogen-bond acceptors (Lipinski definition) is 5. The Bertz CT molecular complexity index is 1360. The van der Waals surface area contributed by atoms with Gasteiger partial charge in [0.15, 0.2) is 0 Å². The fourth-order valence-electron chi connectivity index (χ4n) is 4.61. The van der Waals surface area contributed by atoms with Crippen molar-refractivity contribution in [2.45, 2.75) is 51.1 Å². The molecule has 0 bridgehead atoms. The normalized spacial score (nSPS) is 12.5. The quantitative estimate of drug-likeness (QED) is 0.179. The molecular weight excluding hydrogens is 510 g/mol. The third kappa shape index (κ3) is 8.28. The lowest BCUT2D eigenvalue weighted by molar-refractivity contribution is -0.138. The highest BCUT2D eigenvalue weighted by Crippen LogP contribution is 2.34. The zero-order valence-electron chi connectivity index (χ0n) is 22.8. The summed E-state index contributed by atoms with van der Waals surface area (Å²) < 4.78 is 0. The highest BCUT2D eigenvalue weighted by molar-refractivity contribution is 5.98. The van der Waals surface area contributed by atoms with Crippen molar-refractivity contribution in [3.8, 4) is 11.1 Å². The van der Waals surface area contributed by atoms with E-state index >= 15 is 0 Å². The van der Waals surface area contributed by atoms with Gasteiger partial charge in [-0.15, -0.1) is 0 Å². The molecule has 0 aromatic heterocycles. The summed E-state index contributed by atoms with van der Waals surface area (Å²) in [5, 5.41) is 19.3. The van der Waals surface area contributed by atoms with Gasteiger partial charge in [0, 0.05) is 6.54 Å². The highest BCUT2D eigenvalue weighted by Gasteiger charge is 2.20. The van der Waals surface area contributed by atoms with Crippen LogP contribution < -0.4 is 27.4 Å². The molecule has 40 heavy (non-hydrogen) atoms. The summed E-state index contributed by atoms with van der Waals surface area (Å²) in [7, 11) is 0. The number of aliphatic carboxylic acids is 1. The van der Waals surface area contributed by atoms with E-state index in [0.717, 1.165) is 16.5 Å². The van der Waals surface area contributed by atoms with E-state index in [-0.39, 0.29) is 25.9 Å². The summed E-state index contributed by atoms with van der Waals surface area (Å²) in [6, 6.07) is 17.6. The molecule has 10 nitrogen and oxygen atoms in total. The van der Waals surface area contributed by atoms with Crippen molar-refractivity contribution in [2.24, 2.45) is 11.5 Å². The third-order valence-electron chi connectivity index (χ3n) is 6.67. The molecule has 3 rings (SSSR count). The number of nitrogens with two attached hydrogens (primary N) is 2.